The minimum absolute atomic E-state index is 0.0131. The van der Waals surface area contributed by atoms with Crippen molar-refractivity contribution in [3.63, 3.8) is 0 Å². The highest BCUT2D eigenvalue weighted by atomic mass is 32.2. The van der Waals surface area contributed by atoms with Crippen LogP contribution in [-0.4, -0.2) is 28.8 Å². The van der Waals surface area contributed by atoms with E-state index in [0.29, 0.717) is 10.9 Å². The number of unbranched alkanes of at least 4 members (excludes halogenated alkanes) is 2. The molecule has 0 aromatic heterocycles. The van der Waals surface area contributed by atoms with Gasteiger partial charge < -0.3 is 5.32 Å². The van der Waals surface area contributed by atoms with E-state index in [1.54, 1.807) is 6.21 Å². The lowest BCUT2D eigenvalue weighted by Crippen LogP contribution is -2.19. The van der Waals surface area contributed by atoms with Gasteiger partial charge in [0.05, 0.1) is 12.0 Å². The highest BCUT2D eigenvalue weighted by Gasteiger charge is 2.15. The van der Waals surface area contributed by atoms with Crippen LogP contribution in [-0.2, 0) is 4.79 Å². The van der Waals surface area contributed by atoms with Gasteiger partial charge >= 0.3 is 0 Å². The molecule has 1 N–H and O–H groups in total. The lowest BCUT2D eigenvalue weighted by molar-refractivity contribution is -0.116. The van der Waals surface area contributed by atoms with Gasteiger partial charge in [-0.25, -0.2) is 0 Å². The molecular formula is C15H19N3OS2. The number of nitrogens with one attached hydrogen (secondary N) is 1. The van der Waals surface area contributed by atoms with E-state index in [4.69, 9.17) is 0 Å². The van der Waals surface area contributed by atoms with Crippen LogP contribution in [0.1, 0.15) is 31.7 Å². The zero-order chi connectivity index (χ0) is 14.9. The van der Waals surface area contributed by atoms with E-state index < -0.39 is 0 Å². The number of rotatable bonds is 7. The van der Waals surface area contributed by atoms with E-state index in [2.05, 4.69) is 28.5 Å². The van der Waals surface area contributed by atoms with E-state index in [-0.39, 0.29) is 5.91 Å². The smallest absolute Gasteiger partial charge is 0.236 e. The first kappa shape index (κ1) is 16.1. The molecule has 0 spiro atoms. The fraction of sp³-hybridized carbons (Fsp3) is 0.400. The molecule has 112 valence electrons. The number of nitrogens with zero attached hydrogens (tertiary/aromatic N) is 2. The normalized spacial score (nSPS) is 16.8. The molecule has 1 fully saturated rings. The number of carbonyl (C=O) groups is 1. The van der Waals surface area contributed by atoms with E-state index >= 15 is 0 Å². The van der Waals surface area contributed by atoms with E-state index in [9.17, 15) is 4.79 Å². The number of amidine groups is 1. The predicted octanol–water partition coefficient (Wildman–Crippen LogP) is 3.52. The summed E-state index contributed by atoms with van der Waals surface area (Å²) < 4.78 is 0. The lowest BCUT2D eigenvalue weighted by atomic mass is 10.2. The molecule has 1 saturated heterocycles. The van der Waals surface area contributed by atoms with E-state index in [0.717, 1.165) is 11.3 Å². The highest BCUT2D eigenvalue weighted by molar-refractivity contribution is 8.15. The number of hydrogen-bond donors (Lipinski definition) is 1. The van der Waals surface area contributed by atoms with Gasteiger partial charge in [0.25, 0.3) is 0 Å². The largest absolute Gasteiger partial charge is 0.303 e. The first-order valence-electron chi connectivity index (χ1n) is 7.05. The van der Waals surface area contributed by atoms with Gasteiger partial charge in [-0.2, -0.15) is 5.10 Å². The summed E-state index contributed by atoms with van der Waals surface area (Å²) in [6, 6.07) is 8.18. The van der Waals surface area contributed by atoms with Crippen molar-refractivity contribution in [1.82, 2.24) is 5.32 Å². The van der Waals surface area contributed by atoms with Crippen LogP contribution >= 0.6 is 23.5 Å². The molecule has 0 saturated carbocycles. The summed E-state index contributed by atoms with van der Waals surface area (Å²) in [6.45, 7) is 2.21. The summed E-state index contributed by atoms with van der Waals surface area (Å²) in [5, 5.41) is 11.3. The number of hydrogen-bond acceptors (Lipinski definition) is 5. The van der Waals surface area contributed by atoms with Crippen molar-refractivity contribution in [2.75, 3.05) is 11.5 Å². The van der Waals surface area contributed by atoms with Gasteiger partial charge in [0, 0.05) is 10.5 Å². The molecule has 1 aliphatic heterocycles. The minimum Gasteiger partial charge on any atom is -0.303 e. The van der Waals surface area contributed by atoms with Gasteiger partial charge in [-0.3, -0.25) is 4.79 Å². The molecule has 0 aliphatic carbocycles. The fourth-order valence-corrected chi connectivity index (χ4v) is 3.44. The van der Waals surface area contributed by atoms with Gasteiger partial charge in [0.15, 0.2) is 5.17 Å². The molecule has 0 radical (unpaired) electrons. The molecule has 1 amide bonds. The predicted molar refractivity (Wildman–Crippen MR) is 92.3 cm³/mol. The average Bonchev–Trinajstić information content (AvgIpc) is 2.91. The third-order valence-corrected chi connectivity index (χ3v) is 4.90. The average molecular weight is 321 g/mol. The second kappa shape index (κ2) is 8.89. The monoisotopic (exact) mass is 321 g/mol. The van der Waals surface area contributed by atoms with Crippen LogP contribution in [0.2, 0.25) is 0 Å². The number of benzene rings is 1. The Hall–Kier alpha value is -1.27. The van der Waals surface area contributed by atoms with Crippen molar-refractivity contribution in [3.05, 3.63) is 29.8 Å². The first-order chi connectivity index (χ1) is 10.3. The second-order valence-corrected chi connectivity index (χ2v) is 6.68. The SMILES string of the molecule is CCCCCSc1ccccc1C=NN=C1NC(=O)CS1. The molecular weight excluding hydrogens is 302 g/mol. The van der Waals surface area contributed by atoms with Crippen LogP contribution in [0.4, 0.5) is 0 Å². The van der Waals surface area contributed by atoms with Crippen LogP contribution in [0.3, 0.4) is 0 Å². The first-order valence-corrected chi connectivity index (χ1v) is 9.02. The molecule has 2 rings (SSSR count). The van der Waals surface area contributed by atoms with Crippen LogP contribution in [0.25, 0.3) is 0 Å². The summed E-state index contributed by atoms with van der Waals surface area (Å²) in [7, 11) is 0. The van der Waals surface area contributed by atoms with Crippen molar-refractivity contribution in [1.29, 1.82) is 0 Å². The molecule has 1 aromatic rings. The Labute approximate surface area is 133 Å². The summed E-state index contributed by atoms with van der Waals surface area (Å²) in [5.41, 5.74) is 1.07. The Morgan fingerprint density at radius 2 is 2.24 bits per heavy atom. The van der Waals surface area contributed by atoms with Gasteiger partial charge in [0.1, 0.15) is 0 Å². The Bertz CT molecular complexity index is 543. The third-order valence-electron chi connectivity index (χ3n) is 2.86. The molecule has 1 aromatic carbocycles. The van der Waals surface area contributed by atoms with Gasteiger partial charge in [0.2, 0.25) is 5.91 Å². The van der Waals surface area contributed by atoms with Crippen LogP contribution in [0, 0.1) is 0 Å². The molecule has 4 nitrogen and oxygen atoms in total. The van der Waals surface area contributed by atoms with Crippen molar-refractivity contribution in [2.45, 2.75) is 31.1 Å². The maximum absolute atomic E-state index is 11.0. The summed E-state index contributed by atoms with van der Waals surface area (Å²) in [4.78, 5) is 12.3. The summed E-state index contributed by atoms with van der Waals surface area (Å²) in [6.07, 6.45) is 5.50. The standard InChI is InChI=1S/C15H19N3OS2/c1-2-3-6-9-20-13-8-5-4-7-12(13)10-16-18-15-17-14(19)11-21-15/h4-5,7-8,10H,2-3,6,9,11H2,1H3,(H,17,18,19). The molecule has 21 heavy (non-hydrogen) atoms. The van der Waals surface area contributed by atoms with Crippen LogP contribution < -0.4 is 5.32 Å². The molecule has 0 bridgehead atoms. The van der Waals surface area contributed by atoms with Gasteiger partial charge in [-0.15, -0.1) is 16.9 Å². The second-order valence-electron chi connectivity index (χ2n) is 4.58. The zero-order valence-corrected chi connectivity index (χ0v) is 13.7. The molecule has 6 heteroatoms. The van der Waals surface area contributed by atoms with Crippen molar-refractivity contribution in [2.24, 2.45) is 10.2 Å². The number of thioether (sulfide) groups is 2. The molecule has 1 aliphatic rings. The number of amides is 1. The Balaban J connectivity index is 1.94. The third kappa shape index (κ3) is 5.55. The topological polar surface area (TPSA) is 53.8 Å². The summed E-state index contributed by atoms with van der Waals surface area (Å²) >= 11 is 3.23. The maximum Gasteiger partial charge on any atom is 0.236 e. The Kier molecular flexibility index (Phi) is 6.82. The van der Waals surface area contributed by atoms with Crippen molar-refractivity contribution < 1.29 is 4.79 Å². The Morgan fingerprint density at radius 1 is 1.38 bits per heavy atom. The van der Waals surface area contributed by atoms with Gasteiger partial charge in [-0.05, 0) is 18.2 Å². The summed E-state index contributed by atoms with van der Waals surface area (Å²) in [5.74, 6) is 1.54. The van der Waals surface area contributed by atoms with Crippen molar-refractivity contribution in [3.8, 4) is 0 Å². The number of carbonyl (C=O) groups excluding carboxylic acids is 1. The lowest BCUT2D eigenvalue weighted by Gasteiger charge is -2.04. The van der Waals surface area contributed by atoms with E-state index in [1.165, 1.54) is 35.9 Å². The molecule has 1 heterocycles. The molecule has 0 unspecified atom stereocenters. The maximum atomic E-state index is 11.0. The van der Waals surface area contributed by atoms with Crippen molar-refractivity contribution >= 4 is 40.8 Å². The molecule has 0 atom stereocenters. The fourth-order valence-electron chi connectivity index (χ4n) is 1.78. The van der Waals surface area contributed by atoms with Crippen LogP contribution in [0.5, 0.6) is 0 Å². The van der Waals surface area contributed by atoms with Gasteiger partial charge in [-0.1, -0.05) is 49.7 Å². The zero-order valence-electron chi connectivity index (χ0n) is 12.0. The van der Waals surface area contributed by atoms with E-state index in [1.807, 2.05) is 30.0 Å². The Morgan fingerprint density at radius 3 is 3.00 bits per heavy atom. The quantitative estimate of drug-likeness (QED) is 0.362. The minimum atomic E-state index is -0.0131. The van der Waals surface area contributed by atoms with Crippen LogP contribution in [0.15, 0.2) is 39.4 Å². The highest BCUT2D eigenvalue weighted by Crippen LogP contribution is 2.22.